The summed E-state index contributed by atoms with van der Waals surface area (Å²) < 4.78 is 59.5. The highest BCUT2D eigenvalue weighted by molar-refractivity contribution is 6.30. The first-order valence-corrected chi connectivity index (χ1v) is 14.5. The molecule has 2 aliphatic rings. The molecule has 228 valence electrons. The van der Waals surface area contributed by atoms with Crippen molar-refractivity contribution in [2.75, 3.05) is 13.1 Å². The molecular formula is C30H27ClF4N8O. The molecule has 1 aromatic carbocycles. The molecule has 1 saturated carbocycles. The average molecular weight is 627 g/mol. The number of aromatic amines is 1. The van der Waals surface area contributed by atoms with Gasteiger partial charge in [0.15, 0.2) is 5.82 Å². The van der Waals surface area contributed by atoms with Crippen molar-refractivity contribution in [1.82, 2.24) is 35.0 Å². The van der Waals surface area contributed by atoms with E-state index in [4.69, 9.17) is 16.3 Å². The molecule has 0 atom stereocenters. The van der Waals surface area contributed by atoms with E-state index in [1.807, 2.05) is 5.10 Å². The first kappa shape index (κ1) is 29.9. The van der Waals surface area contributed by atoms with Gasteiger partial charge in [0.1, 0.15) is 17.7 Å². The second kappa shape index (κ2) is 12.1. The van der Waals surface area contributed by atoms with Crippen LogP contribution in [-0.2, 0) is 25.6 Å². The lowest BCUT2D eigenvalue weighted by Crippen LogP contribution is -2.38. The van der Waals surface area contributed by atoms with Crippen LogP contribution in [0.25, 0.3) is 11.4 Å². The predicted octanol–water partition coefficient (Wildman–Crippen LogP) is 5.95. The summed E-state index contributed by atoms with van der Waals surface area (Å²) >= 11 is 5.85. The van der Waals surface area contributed by atoms with Crippen LogP contribution in [0.15, 0.2) is 42.7 Å². The van der Waals surface area contributed by atoms with Crippen molar-refractivity contribution in [3.63, 3.8) is 0 Å². The highest BCUT2D eigenvalue weighted by Crippen LogP contribution is 2.48. The van der Waals surface area contributed by atoms with Crippen molar-refractivity contribution >= 4 is 11.6 Å². The van der Waals surface area contributed by atoms with Crippen molar-refractivity contribution in [1.29, 1.82) is 5.26 Å². The van der Waals surface area contributed by atoms with E-state index in [1.54, 1.807) is 30.5 Å². The topological polar surface area (TPSA) is 116 Å². The number of hydrogen-bond acceptors (Lipinski definition) is 8. The van der Waals surface area contributed by atoms with Gasteiger partial charge in [-0.1, -0.05) is 17.7 Å². The Hall–Kier alpha value is -4.15. The van der Waals surface area contributed by atoms with Crippen LogP contribution in [0, 0.1) is 22.6 Å². The molecule has 0 amide bonds. The maximum absolute atomic E-state index is 14.2. The Morgan fingerprint density at radius 1 is 1.09 bits per heavy atom. The molecule has 3 aromatic heterocycles. The fourth-order valence-electron chi connectivity index (χ4n) is 5.25. The van der Waals surface area contributed by atoms with E-state index in [9.17, 15) is 22.8 Å². The molecular weight excluding hydrogens is 600 g/mol. The second-order valence-electron chi connectivity index (χ2n) is 11.2. The Morgan fingerprint density at radius 3 is 2.57 bits per heavy atom. The third-order valence-electron chi connectivity index (χ3n) is 7.93. The fraction of sp³-hybridized carbons (Fsp3) is 0.400. The summed E-state index contributed by atoms with van der Waals surface area (Å²) in [6, 6.07) is 10.3. The molecule has 6 rings (SSSR count). The third kappa shape index (κ3) is 6.97. The minimum atomic E-state index is -4.64. The third-order valence-corrected chi connectivity index (χ3v) is 8.17. The van der Waals surface area contributed by atoms with Crippen LogP contribution < -0.4 is 4.74 Å². The zero-order valence-electron chi connectivity index (χ0n) is 23.4. The van der Waals surface area contributed by atoms with Gasteiger partial charge in [-0.15, -0.1) is 0 Å². The number of rotatable bonds is 9. The van der Waals surface area contributed by atoms with Crippen LogP contribution in [0.2, 0.25) is 5.02 Å². The number of nitriles is 1. The van der Waals surface area contributed by atoms with E-state index in [2.05, 4.69) is 36.0 Å². The molecule has 0 radical (unpaired) electrons. The summed E-state index contributed by atoms with van der Waals surface area (Å²) in [7, 11) is 0. The first-order chi connectivity index (χ1) is 21.1. The molecule has 0 spiro atoms. The molecule has 1 aliphatic carbocycles. The smallest absolute Gasteiger partial charge is 0.451 e. The van der Waals surface area contributed by atoms with Gasteiger partial charge in [-0.3, -0.25) is 15.0 Å². The number of nitrogens with one attached hydrogen (secondary N) is 1. The van der Waals surface area contributed by atoms with E-state index >= 15 is 0 Å². The quantitative estimate of drug-likeness (QED) is 0.227. The Kier molecular flexibility index (Phi) is 8.22. The summed E-state index contributed by atoms with van der Waals surface area (Å²) in [5.41, 5.74) is 1.91. The Bertz CT molecular complexity index is 1690. The monoisotopic (exact) mass is 626 g/mol. The number of alkyl halides is 3. The largest absolute Gasteiger partial charge is 0.474 e. The number of ether oxygens (including phenoxy) is 1. The number of benzene rings is 1. The Morgan fingerprint density at radius 2 is 1.89 bits per heavy atom. The van der Waals surface area contributed by atoms with Crippen molar-refractivity contribution in [3.8, 4) is 23.3 Å². The standard InChI is InChI=1S/C30H27ClF4N8O/c31-21-2-1-18(23(32)13-21)12-25-37-8-3-26(39-25)44-22-4-9-43(10-5-22)16-24-19(14-29(17-36)6-7-29)11-20(15-38-24)27-40-28(42-41-27)30(33,34)35/h1-3,8,11,13,15,22H,4-7,9-10,12,14,16H2,(H,40,41,42). The number of H-pyrrole nitrogens is 1. The molecule has 1 saturated heterocycles. The summed E-state index contributed by atoms with van der Waals surface area (Å²) in [4.78, 5) is 19.1. The van der Waals surface area contributed by atoms with Crippen LogP contribution in [0.4, 0.5) is 17.6 Å². The minimum absolute atomic E-state index is 0.0713. The number of aromatic nitrogens is 6. The molecule has 2 fully saturated rings. The molecule has 0 bridgehead atoms. The molecule has 1 N–H and O–H groups in total. The van der Waals surface area contributed by atoms with Gasteiger partial charge in [0.05, 0.1) is 17.2 Å². The molecule has 1 aliphatic heterocycles. The van der Waals surface area contributed by atoms with Crippen molar-refractivity contribution in [2.24, 2.45) is 5.41 Å². The number of pyridine rings is 1. The van der Waals surface area contributed by atoms with Gasteiger partial charge in [-0.25, -0.2) is 14.4 Å². The van der Waals surface area contributed by atoms with E-state index < -0.39 is 23.2 Å². The SMILES string of the molecule is N#CC1(Cc2cc(-c3n[nH]c(C(F)(F)F)n3)cnc2CN2CCC(Oc3ccnc(Cc4ccc(Cl)cc4F)n3)CC2)CC1. The molecule has 4 aromatic rings. The number of likely N-dealkylation sites (tertiary alicyclic amines) is 1. The van der Waals surface area contributed by atoms with Crippen molar-refractivity contribution < 1.29 is 22.3 Å². The second-order valence-corrected chi connectivity index (χ2v) is 11.7. The normalized spacial score (nSPS) is 16.9. The van der Waals surface area contributed by atoms with Gasteiger partial charge >= 0.3 is 6.18 Å². The molecule has 44 heavy (non-hydrogen) atoms. The summed E-state index contributed by atoms with van der Waals surface area (Å²) in [5.74, 6) is -0.820. The van der Waals surface area contributed by atoms with Crippen molar-refractivity contribution in [3.05, 3.63) is 82.0 Å². The van der Waals surface area contributed by atoms with Gasteiger partial charge in [0.25, 0.3) is 0 Å². The van der Waals surface area contributed by atoms with Gasteiger partial charge in [-0.2, -0.15) is 28.5 Å². The van der Waals surface area contributed by atoms with Crippen LogP contribution in [-0.4, -0.2) is 54.2 Å². The lowest BCUT2D eigenvalue weighted by atomic mass is 9.95. The van der Waals surface area contributed by atoms with Gasteiger partial charge < -0.3 is 4.74 Å². The maximum Gasteiger partial charge on any atom is 0.451 e. The maximum atomic E-state index is 14.2. The number of piperidine rings is 1. The molecule has 0 unspecified atom stereocenters. The highest BCUT2D eigenvalue weighted by Gasteiger charge is 2.44. The highest BCUT2D eigenvalue weighted by atomic mass is 35.5. The molecule has 14 heteroatoms. The van der Waals surface area contributed by atoms with Crippen LogP contribution in [0.5, 0.6) is 5.88 Å². The summed E-state index contributed by atoms with van der Waals surface area (Å²) in [6.07, 6.45) is 2.05. The number of nitrogens with zero attached hydrogens (tertiary/aromatic N) is 7. The van der Waals surface area contributed by atoms with E-state index in [0.717, 1.165) is 50.0 Å². The van der Waals surface area contributed by atoms with Gasteiger partial charge in [0.2, 0.25) is 11.7 Å². The zero-order chi connectivity index (χ0) is 30.9. The van der Waals surface area contributed by atoms with E-state index in [1.165, 1.54) is 12.3 Å². The average Bonchev–Trinajstić information content (AvgIpc) is 3.57. The van der Waals surface area contributed by atoms with E-state index in [-0.39, 0.29) is 18.3 Å². The minimum Gasteiger partial charge on any atom is -0.474 e. The summed E-state index contributed by atoms with van der Waals surface area (Å²) in [6.45, 7) is 1.97. The number of halogens is 5. The fourth-order valence-corrected chi connectivity index (χ4v) is 5.41. The van der Waals surface area contributed by atoms with Crippen LogP contribution in [0.1, 0.15) is 54.2 Å². The zero-order valence-corrected chi connectivity index (χ0v) is 24.2. The van der Waals surface area contributed by atoms with Gasteiger partial charge in [-0.05, 0) is 61.4 Å². The Labute approximate surface area is 255 Å². The Balaban J connectivity index is 1.09. The number of hydrogen-bond donors (Lipinski definition) is 1. The molecule has 4 heterocycles. The molecule has 9 nitrogen and oxygen atoms in total. The first-order valence-electron chi connectivity index (χ1n) is 14.1. The lowest BCUT2D eigenvalue weighted by Gasteiger charge is -2.32. The van der Waals surface area contributed by atoms with Crippen LogP contribution >= 0.6 is 11.6 Å². The van der Waals surface area contributed by atoms with E-state index in [0.29, 0.717) is 40.8 Å². The summed E-state index contributed by atoms with van der Waals surface area (Å²) in [5, 5.41) is 15.7. The lowest BCUT2D eigenvalue weighted by molar-refractivity contribution is -0.144. The van der Waals surface area contributed by atoms with Crippen molar-refractivity contribution in [2.45, 2.75) is 57.3 Å². The van der Waals surface area contributed by atoms with Crippen LogP contribution in [0.3, 0.4) is 0 Å². The van der Waals surface area contributed by atoms with Gasteiger partial charge in [0, 0.05) is 55.1 Å². The predicted molar refractivity (Wildman–Crippen MR) is 151 cm³/mol.